The summed E-state index contributed by atoms with van der Waals surface area (Å²) in [4.78, 5) is 12.0. The minimum absolute atomic E-state index is 0.323. The lowest BCUT2D eigenvalue weighted by molar-refractivity contribution is 0.0937. The quantitative estimate of drug-likeness (QED) is 0.665. The van der Waals surface area contributed by atoms with Gasteiger partial charge >= 0.3 is 0 Å². The zero-order valence-corrected chi connectivity index (χ0v) is 12.6. The summed E-state index contributed by atoms with van der Waals surface area (Å²) in [6, 6.07) is 0.625. The van der Waals surface area contributed by atoms with E-state index in [9.17, 15) is 18.0 Å². The minimum Gasteiger partial charge on any atom is -0.475 e. The van der Waals surface area contributed by atoms with E-state index >= 15 is 0 Å². The number of amides is 1. The van der Waals surface area contributed by atoms with Gasteiger partial charge in [0, 0.05) is 6.54 Å². The second kappa shape index (κ2) is 7.91. The van der Waals surface area contributed by atoms with Crippen LogP contribution in [0.15, 0.2) is 6.07 Å². The van der Waals surface area contributed by atoms with E-state index in [1.165, 1.54) is 6.42 Å². The number of terminal acetylenes is 1. The van der Waals surface area contributed by atoms with Gasteiger partial charge in [0.2, 0.25) is 5.82 Å². The van der Waals surface area contributed by atoms with Crippen molar-refractivity contribution < 1.29 is 22.7 Å². The lowest BCUT2D eigenvalue weighted by Crippen LogP contribution is -2.31. The average Bonchev–Trinajstić information content (AvgIpc) is 2.57. The van der Waals surface area contributed by atoms with Crippen LogP contribution in [0.25, 0.3) is 0 Å². The van der Waals surface area contributed by atoms with E-state index in [1.807, 2.05) is 5.92 Å². The third-order valence-corrected chi connectivity index (χ3v) is 3.94. The molecule has 1 aromatic rings. The Morgan fingerprint density at radius 2 is 1.96 bits per heavy atom. The Morgan fingerprint density at radius 3 is 2.61 bits per heavy atom. The molecule has 124 valence electrons. The van der Waals surface area contributed by atoms with Crippen molar-refractivity contribution in [3.05, 3.63) is 29.1 Å². The smallest absolute Gasteiger partial charge is 0.254 e. The maximum Gasteiger partial charge on any atom is 0.254 e. The normalized spacial score (nSPS) is 15.0. The molecule has 1 aromatic carbocycles. The van der Waals surface area contributed by atoms with Gasteiger partial charge in [-0.2, -0.15) is 4.39 Å². The van der Waals surface area contributed by atoms with Crippen molar-refractivity contribution in [2.24, 2.45) is 5.92 Å². The van der Waals surface area contributed by atoms with Crippen LogP contribution in [-0.2, 0) is 0 Å². The molecular formula is C17H18F3NO2. The average molecular weight is 325 g/mol. The molecule has 0 unspecified atom stereocenters. The van der Waals surface area contributed by atoms with Crippen LogP contribution in [0.2, 0.25) is 0 Å². The van der Waals surface area contributed by atoms with Gasteiger partial charge in [-0.1, -0.05) is 25.2 Å². The Kier molecular flexibility index (Phi) is 5.91. The second-order valence-electron chi connectivity index (χ2n) is 5.57. The van der Waals surface area contributed by atoms with Gasteiger partial charge in [-0.25, -0.2) is 8.78 Å². The Hall–Kier alpha value is -2.16. The van der Waals surface area contributed by atoms with Crippen LogP contribution in [0.1, 0.15) is 42.5 Å². The molecule has 0 aliphatic heterocycles. The van der Waals surface area contributed by atoms with Gasteiger partial charge in [0.15, 0.2) is 17.4 Å². The SMILES string of the molecule is C#CCOc1c(F)cc(C(=O)NCC2CCCCC2)c(F)c1F. The molecule has 23 heavy (non-hydrogen) atoms. The molecule has 2 rings (SSSR count). The van der Waals surface area contributed by atoms with E-state index in [0.717, 1.165) is 25.7 Å². The maximum absolute atomic E-state index is 14.0. The highest BCUT2D eigenvalue weighted by Crippen LogP contribution is 2.27. The molecule has 0 radical (unpaired) electrons. The summed E-state index contributed by atoms with van der Waals surface area (Å²) in [6.07, 6.45) is 10.3. The number of hydrogen-bond acceptors (Lipinski definition) is 2. The Morgan fingerprint density at radius 1 is 1.26 bits per heavy atom. The third kappa shape index (κ3) is 4.19. The first-order valence-electron chi connectivity index (χ1n) is 7.56. The first-order valence-corrected chi connectivity index (χ1v) is 7.56. The van der Waals surface area contributed by atoms with Gasteiger partial charge in [0.05, 0.1) is 5.56 Å². The highest BCUT2D eigenvalue weighted by molar-refractivity contribution is 5.94. The lowest BCUT2D eigenvalue weighted by Gasteiger charge is -2.21. The van der Waals surface area contributed by atoms with Gasteiger partial charge in [-0.15, -0.1) is 6.42 Å². The molecule has 0 atom stereocenters. The fraction of sp³-hybridized carbons (Fsp3) is 0.471. The van der Waals surface area contributed by atoms with Gasteiger partial charge in [-0.05, 0) is 24.8 Å². The molecule has 1 N–H and O–H groups in total. The molecule has 0 saturated heterocycles. The van der Waals surface area contributed by atoms with Crippen LogP contribution < -0.4 is 10.1 Å². The predicted octanol–water partition coefficient (Wildman–Crippen LogP) is 3.43. The Balaban J connectivity index is 2.09. The highest BCUT2D eigenvalue weighted by Gasteiger charge is 2.24. The van der Waals surface area contributed by atoms with Gasteiger partial charge in [0.1, 0.15) is 6.61 Å². The van der Waals surface area contributed by atoms with Crippen molar-refractivity contribution in [3.63, 3.8) is 0 Å². The number of benzene rings is 1. The van der Waals surface area contributed by atoms with E-state index in [4.69, 9.17) is 6.42 Å². The summed E-state index contributed by atoms with van der Waals surface area (Å²) >= 11 is 0. The van der Waals surface area contributed by atoms with Crippen LogP contribution in [0.3, 0.4) is 0 Å². The van der Waals surface area contributed by atoms with Gasteiger partial charge in [0.25, 0.3) is 5.91 Å². The Bertz CT molecular complexity index is 619. The predicted molar refractivity (Wildman–Crippen MR) is 79.6 cm³/mol. The number of rotatable bonds is 5. The highest BCUT2D eigenvalue weighted by atomic mass is 19.2. The van der Waals surface area contributed by atoms with Crippen molar-refractivity contribution in [3.8, 4) is 18.1 Å². The van der Waals surface area contributed by atoms with E-state index in [-0.39, 0.29) is 0 Å². The molecule has 3 nitrogen and oxygen atoms in total. The third-order valence-electron chi connectivity index (χ3n) is 3.94. The lowest BCUT2D eigenvalue weighted by atomic mass is 9.89. The fourth-order valence-corrected chi connectivity index (χ4v) is 2.71. The van der Waals surface area contributed by atoms with E-state index in [0.29, 0.717) is 18.5 Å². The number of ether oxygens (including phenoxy) is 1. The second-order valence-corrected chi connectivity index (χ2v) is 5.57. The van der Waals surface area contributed by atoms with E-state index < -0.39 is 41.3 Å². The zero-order valence-electron chi connectivity index (χ0n) is 12.6. The zero-order chi connectivity index (χ0) is 16.8. The van der Waals surface area contributed by atoms with Crippen LogP contribution in [0.5, 0.6) is 5.75 Å². The summed E-state index contributed by atoms with van der Waals surface area (Å²) in [7, 11) is 0. The molecule has 1 saturated carbocycles. The molecule has 1 fully saturated rings. The van der Waals surface area contributed by atoms with Crippen molar-refractivity contribution in [1.29, 1.82) is 0 Å². The maximum atomic E-state index is 14.0. The first-order chi connectivity index (χ1) is 11.0. The fourth-order valence-electron chi connectivity index (χ4n) is 2.71. The standard InChI is InChI=1S/C17H18F3NO2/c1-2-8-23-16-13(18)9-12(14(19)15(16)20)17(22)21-10-11-6-4-3-5-7-11/h1,9,11H,3-8,10H2,(H,21,22). The molecule has 0 heterocycles. The van der Waals surface area contributed by atoms with Crippen LogP contribution in [-0.4, -0.2) is 19.1 Å². The van der Waals surface area contributed by atoms with Crippen molar-refractivity contribution in [2.75, 3.05) is 13.2 Å². The van der Waals surface area contributed by atoms with Gasteiger partial charge in [-0.3, -0.25) is 4.79 Å². The van der Waals surface area contributed by atoms with Crippen LogP contribution in [0, 0.1) is 35.7 Å². The molecular weight excluding hydrogens is 307 g/mol. The number of nitrogens with one attached hydrogen (secondary N) is 1. The minimum atomic E-state index is -1.55. The molecule has 1 aliphatic rings. The molecule has 1 aliphatic carbocycles. The van der Waals surface area contributed by atoms with Crippen molar-refractivity contribution in [1.82, 2.24) is 5.32 Å². The van der Waals surface area contributed by atoms with Crippen LogP contribution >= 0.6 is 0 Å². The van der Waals surface area contributed by atoms with E-state index in [2.05, 4.69) is 10.1 Å². The summed E-state index contributed by atoms with van der Waals surface area (Å²) in [5, 5.41) is 2.54. The van der Waals surface area contributed by atoms with Gasteiger partial charge < -0.3 is 10.1 Å². The number of carbonyl (C=O) groups excluding carboxylic acids is 1. The number of carbonyl (C=O) groups is 1. The molecule has 0 bridgehead atoms. The molecule has 0 spiro atoms. The van der Waals surface area contributed by atoms with E-state index in [1.54, 1.807) is 0 Å². The summed E-state index contributed by atoms with van der Waals surface area (Å²) in [5.74, 6) is -3.56. The first kappa shape index (κ1) is 17.2. The van der Waals surface area contributed by atoms with Crippen molar-refractivity contribution >= 4 is 5.91 Å². The summed E-state index contributed by atoms with van der Waals surface area (Å²) < 4.78 is 46.2. The molecule has 1 amide bonds. The number of halogens is 3. The molecule has 6 heteroatoms. The summed E-state index contributed by atoms with van der Waals surface area (Å²) in [6.45, 7) is -0.0304. The topological polar surface area (TPSA) is 38.3 Å². The molecule has 0 aromatic heterocycles. The Labute approximate surface area is 133 Å². The van der Waals surface area contributed by atoms with Crippen LogP contribution in [0.4, 0.5) is 13.2 Å². The van der Waals surface area contributed by atoms with Crippen molar-refractivity contribution in [2.45, 2.75) is 32.1 Å². The number of hydrogen-bond donors (Lipinski definition) is 1. The monoisotopic (exact) mass is 325 g/mol. The summed E-state index contributed by atoms with van der Waals surface area (Å²) in [5.41, 5.74) is -0.677. The largest absolute Gasteiger partial charge is 0.475 e.